The van der Waals surface area contributed by atoms with Crippen LogP contribution in [-0.4, -0.2) is 58.8 Å². The van der Waals surface area contributed by atoms with E-state index in [0.29, 0.717) is 6.42 Å². The molecule has 0 aliphatic carbocycles. The van der Waals surface area contributed by atoms with E-state index in [0.717, 1.165) is 19.3 Å². The van der Waals surface area contributed by atoms with Gasteiger partial charge < -0.3 is 24.6 Å². The number of nitrogens with zero attached hydrogens (tertiary/aromatic N) is 1. The van der Waals surface area contributed by atoms with Gasteiger partial charge >= 0.3 is 11.9 Å². The molecule has 0 amide bonds. The number of rotatable bonds is 27. The van der Waals surface area contributed by atoms with Crippen LogP contribution < -0.4 is 5.11 Å². The van der Waals surface area contributed by atoms with Gasteiger partial charge in [0, 0.05) is 0 Å². The monoisotopic (exact) mass is 511 g/mol. The molecule has 7 nitrogen and oxygen atoms in total. The zero-order valence-electron chi connectivity index (χ0n) is 22.9. The summed E-state index contributed by atoms with van der Waals surface area (Å²) in [6.45, 7) is 0.853. The molecule has 0 saturated carbocycles. The van der Waals surface area contributed by atoms with Crippen molar-refractivity contribution < 1.29 is 34.2 Å². The van der Waals surface area contributed by atoms with Crippen molar-refractivity contribution in [1.82, 2.24) is 0 Å². The fraction of sp³-hybridized carbons (Fsp3) is 0.828. The molecule has 0 rings (SSSR count). The predicted molar refractivity (Wildman–Crippen MR) is 143 cm³/mol. The third-order valence-electron chi connectivity index (χ3n) is 6.80. The second-order valence-corrected chi connectivity index (χ2v) is 10.4. The van der Waals surface area contributed by atoms with Crippen molar-refractivity contribution >= 4 is 17.9 Å². The van der Waals surface area contributed by atoms with E-state index in [1.807, 2.05) is 0 Å². The van der Waals surface area contributed by atoms with Crippen LogP contribution in [0.1, 0.15) is 129 Å². The van der Waals surface area contributed by atoms with Crippen molar-refractivity contribution in [2.24, 2.45) is 0 Å². The van der Waals surface area contributed by atoms with Crippen LogP contribution in [0, 0.1) is 0 Å². The smallest absolute Gasteiger partial charge is 0.359 e. The lowest BCUT2D eigenvalue weighted by Crippen LogP contribution is -2.59. The van der Waals surface area contributed by atoms with Gasteiger partial charge in [0.2, 0.25) is 0 Å². The van der Waals surface area contributed by atoms with Crippen LogP contribution >= 0.6 is 0 Å². The first-order valence-corrected chi connectivity index (χ1v) is 14.4. The quantitative estimate of drug-likeness (QED) is 0.0829. The molecule has 7 heteroatoms. The van der Waals surface area contributed by atoms with Crippen LogP contribution in [0.2, 0.25) is 0 Å². The van der Waals surface area contributed by atoms with E-state index in [2.05, 4.69) is 19.1 Å². The standard InChI is InChI=1S/C29H53NO6/c1-2-3-4-5-6-7-8-9-10-11-12-13-14-15-16-17-18-19-20-21-22-23-30(24-27(31)32,25-28(33)34)26-29(35)36/h8-9H,2-7,10-26H2,1H3,(H2-,31,32,33,34,35,36)/b9-8+. The lowest BCUT2D eigenvalue weighted by molar-refractivity contribution is -0.909. The summed E-state index contributed by atoms with van der Waals surface area (Å²) in [7, 11) is 0. The minimum Gasteiger partial charge on any atom is -0.544 e. The van der Waals surface area contributed by atoms with E-state index in [1.54, 1.807) is 0 Å². The second kappa shape index (κ2) is 23.5. The molecule has 0 aromatic heterocycles. The van der Waals surface area contributed by atoms with Crippen LogP contribution in [-0.2, 0) is 14.4 Å². The Kier molecular flexibility index (Phi) is 22.3. The molecular weight excluding hydrogens is 458 g/mol. The summed E-state index contributed by atoms with van der Waals surface area (Å²) in [4.78, 5) is 33.4. The van der Waals surface area contributed by atoms with Crippen LogP contribution in [0.25, 0.3) is 0 Å². The topological polar surface area (TPSA) is 115 Å². The summed E-state index contributed by atoms with van der Waals surface area (Å²) in [5.74, 6) is -3.81. The number of hydrogen-bond donors (Lipinski definition) is 2. The zero-order chi connectivity index (χ0) is 26.9. The molecule has 0 spiro atoms. The van der Waals surface area contributed by atoms with Crippen LogP contribution in [0.3, 0.4) is 0 Å². The highest BCUT2D eigenvalue weighted by atomic mass is 16.4. The normalized spacial score (nSPS) is 11.8. The Morgan fingerprint density at radius 1 is 0.583 bits per heavy atom. The first kappa shape index (κ1) is 34.1. The Balaban J connectivity index is 3.68. The Morgan fingerprint density at radius 3 is 1.31 bits per heavy atom. The lowest BCUT2D eigenvalue weighted by Gasteiger charge is -2.36. The summed E-state index contributed by atoms with van der Waals surface area (Å²) in [5, 5.41) is 29.3. The highest BCUT2D eigenvalue weighted by Crippen LogP contribution is 2.15. The second-order valence-electron chi connectivity index (χ2n) is 10.4. The van der Waals surface area contributed by atoms with Crippen molar-refractivity contribution in [3.05, 3.63) is 12.2 Å². The van der Waals surface area contributed by atoms with Gasteiger partial charge in [-0.05, 0) is 38.5 Å². The minimum atomic E-state index is -1.42. The van der Waals surface area contributed by atoms with E-state index < -0.39 is 42.0 Å². The average molecular weight is 512 g/mol. The maximum atomic E-state index is 11.2. The van der Waals surface area contributed by atoms with E-state index in [9.17, 15) is 19.5 Å². The van der Waals surface area contributed by atoms with E-state index in [-0.39, 0.29) is 6.54 Å². The Hall–Kier alpha value is -1.89. The molecule has 210 valence electrons. The highest BCUT2D eigenvalue weighted by molar-refractivity contribution is 5.72. The predicted octanol–water partition coefficient (Wildman–Crippen LogP) is 5.71. The number of hydrogen-bond acceptors (Lipinski definition) is 4. The number of quaternary nitrogens is 1. The molecule has 0 saturated heterocycles. The summed E-state index contributed by atoms with van der Waals surface area (Å²) in [6.07, 6.45) is 27.7. The van der Waals surface area contributed by atoms with Crippen molar-refractivity contribution in [3.63, 3.8) is 0 Å². The largest absolute Gasteiger partial charge is 0.544 e. The molecular formula is C29H53NO6. The van der Waals surface area contributed by atoms with Crippen molar-refractivity contribution in [2.75, 3.05) is 26.2 Å². The summed E-state index contributed by atoms with van der Waals surface area (Å²) in [6, 6.07) is 0. The molecule has 0 heterocycles. The van der Waals surface area contributed by atoms with Crippen molar-refractivity contribution in [3.8, 4) is 0 Å². The molecule has 0 radical (unpaired) electrons. The number of unbranched alkanes of at least 4 members (excludes halogenated alkanes) is 17. The van der Waals surface area contributed by atoms with Gasteiger partial charge in [-0.2, -0.15) is 0 Å². The first-order valence-electron chi connectivity index (χ1n) is 14.4. The average Bonchev–Trinajstić information content (AvgIpc) is 2.78. The number of carboxylic acids is 3. The van der Waals surface area contributed by atoms with Crippen molar-refractivity contribution in [1.29, 1.82) is 0 Å². The number of carboxylic acid groups (broad SMARTS) is 3. The van der Waals surface area contributed by atoms with Gasteiger partial charge in [0.15, 0.2) is 13.1 Å². The van der Waals surface area contributed by atoms with E-state index in [1.165, 1.54) is 96.3 Å². The van der Waals surface area contributed by atoms with Gasteiger partial charge in [0.05, 0.1) is 12.5 Å². The molecule has 0 aliphatic rings. The van der Waals surface area contributed by atoms with Gasteiger partial charge in [0.1, 0.15) is 6.54 Å². The Morgan fingerprint density at radius 2 is 0.944 bits per heavy atom. The number of carbonyl (C=O) groups is 3. The first-order chi connectivity index (χ1) is 17.3. The SMILES string of the molecule is CCCCCCC/C=C/CCCCCCCCCCCCCC[N+](CC(=O)[O-])(CC(=O)O)CC(=O)O. The molecule has 0 unspecified atom stereocenters. The molecule has 36 heavy (non-hydrogen) atoms. The highest BCUT2D eigenvalue weighted by Gasteiger charge is 2.33. The maximum Gasteiger partial charge on any atom is 0.359 e. The zero-order valence-corrected chi connectivity index (χ0v) is 22.9. The fourth-order valence-electron chi connectivity index (χ4n) is 4.83. The molecule has 0 aromatic carbocycles. The van der Waals surface area contributed by atoms with Crippen LogP contribution in [0.4, 0.5) is 0 Å². The molecule has 0 fully saturated rings. The van der Waals surface area contributed by atoms with Gasteiger partial charge in [-0.1, -0.05) is 103 Å². The number of aliphatic carboxylic acids is 3. The van der Waals surface area contributed by atoms with Crippen molar-refractivity contribution in [2.45, 2.75) is 129 Å². The summed E-state index contributed by atoms with van der Waals surface area (Å²) in [5.41, 5.74) is 0. The van der Waals surface area contributed by atoms with E-state index >= 15 is 0 Å². The Labute approximate surface area is 219 Å². The maximum absolute atomic E-state index is 11.2. The van der Waals surface area contributed by atoms with Crippen LogP contribution in [0.15, 0.2) is 12.2 Å². The molecule has 0 atom stereocenters. The van der Waals surface area contributed by atoms with Gasteiger partial charge in [-0.15, -0.1) is 0 Å². The molecule has 2 N–H and O–H groups in total. The minimum absolute atomic E-state index is 0.224. The Bertz CT molecular complexity index is 564. The molecule has 0 aliphatic heterocycles. The van der Waals surface area contributed by atoms with Crippen LogP contribution in [0.5, 0.6) is 0 Å². The molecule has 0 bridgehead atoms. The summed E-state index contributed by atoms with van der Waals surface area (Å²) >= 11 is 0. The fourth-order valence-corrected chi connectivity index (χ4v) is 4.83. The molecule has 0 aromatic rings. The lowest BCUT2D eigenvalue weighted by atomic mass is 10.0. The third-order valence-corrected chi connectivity index (χ3v) is 6.80. The summed E-state index contributed by atoms with van der Waals surface area (Å²) < 4.78 is -0.498. The third kappa shape index (κ3) is 22.6. The van der Waals surface area contributed by atoms with Gasteiger partial charge in [0.25, 0.3) is 0 Å². The number of allylic oxidation sites excluding steroid dienone is 2. The number of carbonyl (C=O) groups excluding carboxylic acids is 1. The van der Waals surface area contributed by atoms with Gasteiger partial charge in [-0.3, -0.25) is 0 Å². The van der Waals surface area contributed by atoms with E-state index in [4.69, 9.17) is 10.2 Å². The van der Waals surface area contributed by atoms with Gasteiger partial charge in [-0.25, -0.2) is 9.59 Å².